The van der Waals surface area contributed by atoms with Crippen molar-refractivity contribution in [3.63, 3.8) is 0 Å². The van der Waals surface area contributed by atoms with Crippen LogP contribution in [0.1, 0.15) is 37.1 Å². The maximum Gasteiger partial charge on any atom is 0.237 e. The van der Waals surface area contributed by atoms with Crippen LogP contribution in [-0.2, 0) is 10.2 Å². The second kappa shape index (κ2) is 5.41. The number of benzene rings is 2. The average molecular weight is 294 g/mol. The predicted octanol–water partition coefficient (Wildman–Crippen LogP) is 3.58. The summed E-state index contributed by atoms with van der Waals surface area (Å²) in [5, 5.41) is 0. The van der Waals surface area contributed by atoms with Crippen LogP contribution in [0.4, 0.5) is 5.69 Å². The molecular weight excluding hydrogens is 274 g/mol. The fourth-order valence-electron chi connectivity index (χ4n) is 3.11. The smallest absolute Gasteiger partial charge is 0.237 e. The molecule has 0 radical (unpaired) electrons. The first kappa shape index (κ1) is 13.3. The van der Waals surface area contributed by atoms with Gasteiger partial charge in [0.15, 0.2) is 5.78 Å². The van der Waals surface area contributed by atoms with Gasteiger partial charge >= 0.3 is 0 Å². The number of anilines is 1. The van der Waals surface area contributed by atoms with E-state index in [-0.39, 0.29) is 11.7 Å². The van der Waals surface area contributed by atoms with Crippen LogP contribution >= 0.6 is 0 Å². The Kier molecular flexibility index (Phi) is 3.26. The van der Waals surface area contributed by atoms with Crippen molar-refractivity contribution in [3.8, 4) is 0 Å². The number of ketones is 1. The van der Waals surface area contributed by atoms with E-state index in [1.54, 1.807) is 36.2 Å². The first-order valence-electron chi connectivity index (χ1n) is 7.91. The second-order valence-corrected chi connectivity index (χ2v) is 5.92. The molecule has 1 amide bonds. The van der Waals surface area contributed by atoms with Gasteiger partial charge in [0.2, 0.25) is 5.91 Å². The largest absolute Gasteiger partial charge is 0.314 e. The Hall–Kier alpha value is -2.42. The van der Waals surface area contributed by atoms with Gasteiger partial charge in [0.25, 0.3) is 0 Å². The highest BCUT2D eigenvalue weighted by atomic mass is 16.2. The van der Waals surface area contributed by atoms with E-state index in [2.05, 4.69) is 0 Å². The molecule has 112 valence electrons. The Bertz CT molecular complexity index is 772. The van der Waals surface area contributed by atoms with Crippen LogP contribution in [0.2, 0.25) is 0 Å². The van der Waals surface area contributed by atoms with Gasteiger partial charge in [-0.1, -0.05) is 48.5 Å². The molecule has 3 heteroatoms. The first-order chi connectivity index (χ1) is 10.9. The van der Waals surface area contributed by atoms with Crippen LogP contribution < -0.4 is 4.90 Å². The zero-order valence-electron chi connectivity index (χ0n) is 13.8. The zero-order chi connectivity index (χ0) is 16.6. The number of amides is 1. The molecule has 0 aliphatic carbocycles. The number of Topliss-reactive ketones (excluding diaryl/α,β-unsaturated/α-hetero) is 1. The molecule has 0 saturated heterocycles. The molecule has 1 heterocycles. The molecule has 0 saturated carbocycles. The minimum atomic E-state index is -0.744. The molecule has 1 aliphatic heterocycles. The van der Waals surface area contributed by atoms with E-state index < -0.39 is 5.41 Å². The van der Waals surface area contributed by atoms with Crippen LogP contribution in [0, 0.1) is 0 Å². The molecule has 1 atom stereocenters. The molecule has 3 nitrogen and oxygen atoms in total. The van der Waals surface area contributed by atoms with Crippen molar-refractivity contribution in [2.75, 3.05) is 11.9 Å². The highest BCUT2D eigenvalue weighted by molar-refractivity contribution is 6.08. The Morgan fingerprint density at radius 1 is 1.18 bits per heavy atom. The van der Waals surface area contributed by atoms with Crippen molar-refractivity contribution >= 4 is 17.4 Å². The van der Waals surface area contributed by atoms with Crippen molar-refractivity contribution in [2.45, 2.75) is 25.2 Å². The number of fused-ring (bicyclic) bond motifs is 1. The number of para-hydroxylation sites is 1. The van der Waals surface area contributed by atoms with Crippen LogP contribution in [0.15, 0.2) is 54.6 Å². The molecule has 0 bridgehead atoms. The molecule has 2 aromatic carbocycles. The molecule has 3 rings (SSSR count). The maximum absolute atomic E-state index is 12.7. The van der Waals surface area contributed by atoms with Crippen LogP contribution in [0.3, 0.4) is 0 Å². The normalized spacial score (nSPS) is 20.7. The van der Waals surface area contributed by atoms with Crippen molar-refractivity contribution in [2.24, 2.45) is 0 Å². The van der Waals surface area contributed by atoms with Gasteiger partial charge < -0.3 is 4.90 Å². The monoisotopic (exact) mass is 294 g/mol. The summed E-state index contributed by atoms with van der Waals surface area (Å²) in [7, 11) is 1.70. The van der Waals surface area contributed by atoms with Crippen molar-refractivity contribution < 1.29 is 11.0 Å². The summed E-state index contributed by atoms with van der Waals surface area (Å²) in [5.41, 5.74) is 1.43. The quantitative estimate of drug-likeness (QED) is 0.808. The molecule has 1 unspecified atom stereocenters. The lowest BCUT2D eigenvalue weighted by Crippen LogP contribution is -2.36. The van der Waals surface area contributed by atoms with Gasteiger partial charge in [0, 0.05) is 24.7 Å². The summed E-state index contributed by atoms with van der Waals surface area (Å²) >= 11 is 0. The van der Waals surface area contributed by atoms with E-state index in [0.717, 1.165) is 5.56 Å². The minimum absolute atomic E-state index is 0.0396. The molecule has 1 aliphatic rings. The van der Waals surface area contributed by atoms with E-state index in [1.165, 1.54) is 0 Å². The molecule has 0 aromatic heterocycles. The van der Waals surface area contributed by atoms with E-state index in [4.69, 9.17) is 1.37 Å². The van der Waals surface area contributed by atoms with Crippen LogP contribution in [-0.4, -0.2) is 18.7 Å². The first-order valence-corrected chi connectivity index (χ1v) is 7.41. The number of hydrogen-bond donors (Lipinski definition) is 0. The fraction of sp³-hybridized carbons (Fsp3) is 0.263. The van der Waals surface area contributed by atoms with Crippen molar-refractivity contribution in [3.05, 3.63) is 65.7 Å². The van der Waals surface area contributed by atoms with E-state index >= 15 is 0 Å². The van der Waals surface area contributed by atoms with Gasteiger partial charge in [-0.05, 0) is 25.0 Å². The molecule has 0 fully saturated rings. The fourth-order valence-corrected chi connectivity index (χ4v) is 3.11. The van der Waals surface area contributed by atoms with Crippen LogP contribution in [0.5, 0.6) is 0 Å². The Morgan fingerprint density at radius 3 is 2.59 bits per heavy atom. The lowest BCUT2D eigenvalue weighted by molar-refractivity contribution is -0.122. The topological polar surface area (TPSA) is 37.4 Å². The zero-order valence-corrected chi connectivity index (χ0v) is 12.8. The third kappa shape index (κ3) is 2.23. The van der Waals surface area contributed by atoms with E-state index in [1.807, 2.05) is 31.2 Å². The molecular formula is C19H19NO2. The highest BCUT2D eigenvalue weighted by Gasteiger charge is 2.45. The number of likely N-dealkylation sites (N-methyl/N-ethyl adjacent to an activating group) is 1. The van der Waals surface area contributed by atoms with E-state index in [0.29, 0.717) is 30.1 Å². The summed E-state index contributed by atoms with van der Waals surface area (Å²) in [6.45, 7) is 1.87. The van der Waals surface area contributed by atoms with Gasteiger partial charge in [0.1, 0.15) is 0 Å². The predicted molar refractivity (Wildman–Crippen MR) is 87.2 cm³/mol. The summed E-state index contributed by atoms with van der Waals surface area (Å²) in [6, 6.07) is 14.9. The number of rotatable bonds is 4. The number of carbonyl (C=O) groups is 2. The number of carbonyl (C=O) groups excluding carboxylic acids is 2. The molecule has 0 N–H and O–H groups in total. The Balaban J connectivity index is 1.87. The maximum atomic E-state index is 12.7. The molecule has 2 aromatic rings. The third-order valence-corrected chi connectivity index (χ3v) is 4.49. The van der Waals surface area contributed by atoms with Gasteiger partial charge in [-0.25, -0.2) is 0 Å². The van der Waals surface area contributed by atoms with Crippen LogP contribution in [0.25, 0.3) is 0 Å². The Labute approximate surface area is 132 Å². The molecule has 22 heavy (non-hydrogen) atoms. The van der Waals surface area contributed by atoms with Crippen molar-refractivity contribution in [1.29, 1.82) is 0 Å². The van der Waals surface area contributed by atoms with Gasteiger partial charge in [0.05, 0.1) is 6.79 Å². The molecule has 0 spiro atoms. The van der Waals surface area contributed by atoms with E-state index in [9.17, 15) is 9.59 Å². The highest BCUT2D eigenvalue weighted by Crippen LogP contribution is 2.43. The van der Waals surface area contributed by atoms with Gasteiger partial charge in [-0.3, -0.25) is 9.59 Å². The number of nitrogens with zero attached hydrogens (tertiary/aromatic N) is 1. The minimum Gasteiger partial charge on any atom is -0.314 e. The Morgan fingerprint density at radius 2 is 1.86 bits per heavy atom. The standard InChI is InChI=1S/C19H19NO2/c1-19(13-12-17(21)14-8-4-3-5-9-14)15-10-6-7-11-16(15)20(2)18(19)22/h3-11H,12-13H2,1-2H3/i11D. The summed E-state index contributed by atoms with van der Waals surface area (Å²) in [4.78, 5) is 26.6. The second-order valence-electron chi connectivity index (χ2n) is 5.92. The van der Waals surface area contributed by atoms with Gasteiger partial charge in [-0.15, -0.1) is 0 Å². The summed E-state index contributed by atoms with van der Waals surface area (Å²) in [5.74, 6) is -0.00850. The SMILES string of the molecule is [2H]c1cccc2c1N(C)C(=O)C2(C)CCC(=O)c1ccccc1. The third-order valence-electron chi connectivity index (χ3n) is 4.49. The summed E-state index contributed by atoms with van der Waals surface area (Å²) in [6.07, 6.45) is 0.752. The summed E-state index contributed by atoms with van der Waals surface area (Å²) < 4.78 is 8.04. The number of hydrogen-bond acceptors (Lipinski definition) is 2. The van der Waals surface area contributed by atoms with Crippen molar-refractivity contribution in [1.82, 2.24) is 0 Å². The average Bonchev–Trinajstić information content (AvgIpc) is 2.77. The lowest BCUT2D eigenvalue weighted by atomic mass is 9.79. The van der Waals surface area contributed by atoms with Gasteiger partial charge in [-0.2, -0.15) is 0 Å². The lowest BCUT2D eigenvalue weighted by Gasteiger charge is -2.22.